The Balaban J connectivity index is 2.01. The zero-order valence-electron chi connectivity index (χ0n) is 11.2. The second-order valence-electron chi connectivity index (χ2n) is 4.70. The smallest absolute Gasteiger partial charge is 0.161 e. The van der Waals surface area contributed by atoms with Crippen LogP contribution in [0, 0.1) is 0 Å². The van der Waals surface area contributed by atoms with Gasteiger partial charge in [-0.25, -0.2) is 9.97 Å². The highest BCUT2D eigenvalue weighted by Gasteiger charge is 2.17. The molecule has 0 unspecified atom stereocenters. The molecule has 1 aliphatic heterocycles. The first-order valence-electron chi connectivity index (χ1n) is 6.49. The van der Waals surface area contributed by atoms with Gasteiger partial charge in [-0.2, -0.15) is 0 Å². The molecule has 4 nitrogen and oxygen atoms in total. The van der Waals surface area contributed by atoms with Crippen molar-refractivity contribution in [2.24, 2.45) is 0 Å². The molecule has 0 amide bonds. The summed E-state index contributed by atoms with van der Waals surface area (Å²) in [5.74, 6) is 0.661. The average Bonchev–Trinajstić information content (AvgIpc) is 2.48. The molecule has 5 heteroatoms. The van der Waals surface area contributed by atoms with E-state index in [1.54, 1.807) is 7.11 Å². The van der Waals surface area contributed by atoms with Crippen LogP contribution in [0.5, 0.6) is 0 Å². The Hall–Kier alpha value is -1.49. The van der Waals surface area contributed by atoms with Crippen LogP contribution in [0.4, 0.5) is 0 Å². The van der Waals surface area contributed by atoms with Crippen LogP contribution in [-0.2, 0) is 29.1 Å². The molecule has 0 aliphatic carbocycles. The number of halogens is 1. The maximum Gasteiger partial charge on any atom is 0.161 e. The Morgan fingerprint density at radius 1 is 1.35 bits per heavy atom. The third-order valence-electron chi connectivity index (χ3n) is 3.27. The van der Waals surface area contributed by atoms with Gasteiger partial charge >= 0.3 is 0 Å². The Morgan fingerprint density at radius 2 is 2.25 bits per heavy atom. The average molecular weight is 291 g/mol. The molecule has 2 heterocycles. The molecule has 1 aromatic heterocycles. The molecule has 104 valence electrons. The number of aromatic nitrogens is 2. The van der Waals surface area contributed by atoms with E-state index < -0.39 is 0 Å². The first kappa shape index (κ1) is 13.5. The summed E-state index contributed by atoms with van der Waals surface area (Å²) in [7, 11) is 1.68. The number of hydrogen-bond donors (Lipinski definition) is 0. The van der Waals surface area contributed by atoms with Crippen LogP contribution >= 0.6 is 11.6 Å². The molecule has 0 saturated heterocycles. The van der Waals surface area contributed by atoms with Crippen molar-refractivity contribution >= 4 is 11.6 Å². The Kier molecular flexibility index (Phi) is 3.96. The Labute approximate surface area is 122 Å². The summed E-state index contributed by atoms with van der Waals surface area (Å²) in [6, 6.07) is 8.00. The zero-order valence-corrected chi connectivity index (χ0v) is 12.0. The van der Waals surface area contributed by atoms with Crippen LogP contribution in [0.1, 0.15) is 16.8 Å². The van der Waals surface area contributed by atoms with Gasteiger partial charge in [-0.3, -0.25) is 0 Å². The maximum absolute atomic E-state index is 6.24. The summed E-state index contributed by atoms with van der Waals surface area (Å²) < 4.78 is 10.5. The van der Waals surface area contributed by atoms with Gasteiger partial charge in [-0.05, 0) is 11.6 Å². The van der Waals surface area contributed by atoms with Gasteiger partial charge in [0, 0.05) is 24.7 Å². The first-order chi connectivity index (χ1) is 9.78. The lowest BCUT2D eigenvalue weighted by Crippen LogP contribution is -2.14. The first-order valence-corrected chi connectivity index (χ1v) is 6.87. The second kappa shape index (κ2) is 5.87. The highest BCUT2D eigenvalue weighted by Crippen LogP contribution is 2.26. The van der Waals surface area contributed by atoms with Crippen LogP contribution in [0.25, 0.3) is 11.4 Å². The molecule has 0 saturated carbocycles. The van der Waals surface area contributed by atoms with Gasteiger partial charge in [-0.15, -0.1) is 0 Å². The number of fused-ring (bicyclic) bond motifs is 1. The summed E-state index contributed by atoms with van der Waals surface area (Å²) in [5.41, 5.74) is 3.94. The number of hydrogen-bond acceptors (Lipinski definition) is 4. The topological polar surface area (TPSA) is 44.2 Å². The lowest BCUT2D eigenvalue weighted by atomic mass is 10.1. The van der Waals surface area contributed by atoms with E-state index in [9.17, 15) is 0 Å². The van der Waals surface area contributed by atoms with Crippen molar-refractivity contribution in [2.75, 3.05) is 13.7 Å². The van der Waals surface area contributed by atoms with E-state index in [2.05, 4.69) is 9.97 Å². The lowest BCUT2D eigenvalue weighted by Gasteiger charge is -2.17. The molecule has 2 aromatic rings. The predicted molar refractivity (Wildman–Crippen MR) is 76.6 cm³/mol. The van der Waals surface area contributed by atoms with Crippen molar-refractivity contribution < 1.29 is 9.47 Å². The Morgan fingerprint density at radius 3 is 3.10 bits per heavy atom. The minimum Gasteiger partial charge on any atom is -0.380 e. The minimum absolute atomic E-state index is 0.488. The molecule has 3 rings (SSSR count). The third-order valence-corrected chi connectivity index (χ3v) is 3.58. The van der Waals surface area contributed by atoms with E-state index in [4.69, 9.17) is 21.1 Å². The largest absolute Gasteiger partial charge is 0.380 e. The van der Waals surface area contributed by atoms with Crippen LogP contribution in [0.2, 0.25) is 5.15 Å². The van der Waals surface area contributed by atoms with Gasteiger partial charge in [0.15, 0.2) is 5.82 Å². The number of ether oxygens (including phenoxy) is 2. The molecule has 0 atom stereocenters. The number of benzene rings is 1. The molecule has 1 aromatic carbocycles. The maximum atomic E-state index is 6.24. The summed E-state index contributed by atoms with van der Waals surface area (Å²) in [6.07, 6.45) is 0.780. The quantitative estimate of drug-likeness (QED) is 0.815. The third kappa shape index (κ3) is 2.68. The van der Waals surface area contributed by atoms with Gasteiger partial charge in [0.1, 0.15) is 5.15 Å². The van der Waals surface area contributed by atoms with Crippen LogP contribution < -0.4 is 0 Å². The summed E-state index contributed by atoms with van der Waals surface area (Å²) in [6.45, 7) is 1.75. The summed E-state index contributed by atoms with van der Waals surface area (Å²) >= 11 is 6.24. The van der Waals surface area contributed by atoms with Crippen molar-refractivity contribution in [3.8, 4) is 11.4 Å². The lowest BCUT2D eigenvalue weighted by molar-refractivity contribution is 0.109. The Bertz CT molecular complexity index is 631. The van der Waals surface area contributed by atoms with Crippen molar-refractivity contribution in [3.05, 3.63) is 46.2 Å². The number of methoxy groups -OCH3 is 1. The van der Waals surface area contributed by atoms with E-state index in [0.29, 0.717) is 30.8 Å². The van der Waals surface area contributed by atoms with Crippen LogP contribution in [-0.4, -0.2) is 23.7 Å². The number of rotatable bonds is 3. The van der Waals surface area contributed by atoms with Gasteiger partial charge in [0.2, 0.25) is 0 Å². The predicted octanol–water partition coefficient (Wildman–Crippen LogP) is 3.02. The van der Waals surface area contributed by atoms with Crippen molar-refractivity contribution in [1.82, 2.24) is 9.97 Å². The van der Waals surface area contributed by atoms with E-state index in [0.717, 1.165) is 28.8 Å². The normalized spacial score (nSPS) is 14.1. The highest BCUT2D eigenvalue weighted by molar-refractivity contribution is 6.30. The fourth-order valence-corrected chi connectivity index (χ4v) is 2.53. The van der Waals surface area contributed by atoms with Crippen molar-refractivity contribution in [1.29, 1.82) is 0 Å². The van der Waals surface area contributed by atoms with Crippen LogP contribution in [0.15, 0.2) is 24.3 Å². The van der Waals surface area contributed by atoms with E-state index >= 15 is 0 Å². The molecule has 0 N–H and O–H groups in total. The van der Waals surface area contributed by atoms with Gasteiger partial charge < -0.3 is 9.47 Å². The highest BCUT2D eigenvalue weighted by atomic mass is 35.5. The molecule has 0 fully saturated rings. The van der Waals surface area contributed by atoms with Gasteiger partial charge in [-0.1, -0.05) is 29.8 Å². The molecule has 20 heavy (non-hydrogen) atoms. The fraction of sp³-hybridized carbons (Fsp3) is 0.333. The molecule has 0 radical (unpaired) electrons. The molecule has 1 aliphatic rings. The molecular formula is C15H15ClN2O2. The van der Waals surface area contributed by atoms with Crippen molar-refractivity contribution in [3.63, 3.8) is 0 Å². The van der Waals surface area contributed by atoms with Crippen LogP contribution in [0.3, 0.4) is 0 Å². The van der Waals surface area contributed by atoms with Gasteiger partial charge in [0.25, 0.3) is 0 Å². The summed E-state index contributed by atoms with van der Waals surface area (Å²) in [4.78, 5) is 9.02. The molecule has 0 spiro atoms. The summed E-state index contributed by atoms with van der Waals surface area (Å²) in [5, 5.41) is 0.488. The van der Waals surface area contributed by atoms with E-state index in [1.807, 2.05) is 24.3 Å². The van der Waals surface area contributed by atoms with Gasteiger partial charge in [0.05, 0.1) is 25.5 Å². The monoisotopic (exact) mass is 290 g/mol. The molecule has 0 bridgehead atoms. The second-order valence-corrected chi connectivity index (χ2v) is 5.06. The van der Waals surface area contributed by atoms with E-state index in [1.165, 1.54) is 0 Å². The van der Waals surface area contributed by atoms with E-state index in [-0.39, 0.29) is 0 Å². The standard InChI is InChI=1S/C15H15ClN2O2/c1-19-8-10-3-2-4-11(7-10)15-17-13-5-6-20-9-12(13)14(16)18-15/h2-4,7H,5-6,8-9H2,1H3. The molecular weight excluding hydrogens is 276 g/mol. The minimum atomic E-state index is 0.488. The SMILES string of the molecule is COCc1cccc(-c2nc(Cl)c3c(n2)CCOC3)c1. The fourth-order valence-electron chi connectivity index (χ4n) is 2.29. The van der Waals surface area contributed by atoms with Crippen molar-refractivity contribution in [2.45, 2.75) is 19.6 Å². The number of nitrogens with zero attached hydrogens (tertiary/aromatic N) is 2. The zero-order chi connectivity index (χ0) is 13.9.